The molecule has 0 radical (unpaired) electrons. The Morgan fingerprint density at radius 3 is 2.57 bits per heavy atom. The fourth-order valence-corrected chi connectivity index (χ4v) is 0.882. The van der Waals surface area contributed by atoms with Gasteiger partial charge in [0.2, 0.25) is 0 Å². The smallest absolute Gasteiger partial charge is 0.422 e. The SMILES string of the molecule is [NH3+][C@H]1CN(C(=O)OCC(F)(F)F)C1=O. The number of carbonyl (C=O) groups is 2. The second-order valence-electron chi connectivity index (χ2n) is 2.82. The van der Waals surface area contributed by atoms with E-state index in [4.69, 9.17) is 0 Å². The molecule has 1 saturated heterocycles. The van der Waals surface area contributed by atoms with Gasteiger partial charge in [0, 0.05) is 0 Å². The van der Waals surface area contributed by atoms with Crippen LogP contribution in [-0.2, 0) is 9.53 Å². The van der Waals surface area contributed by atoms with Crippen molar-refractivity contribution in [2.24, 2.45) is 0 Å². The summed E-state index contributed by atoms with van der Waals surface area (Å²) >= 11 is 0. The molecule has 1 aliphatic heterocycles. The van der Waals surface area contributed by atoms with Gasteiger partial charge in [-0.05, 0) is 0 Å². The maximum atomic E-state index is 11.6. The van der Waals surface area contributed by atoms with Gasteiger partial charge < -0.3 is 10.5 Å². The highest BCUT2D eigenvalue weighted by molar-refractivity contribution is 5.99. The Hall–Kier alpha value is -1.31. The van der Waals surface area contributed by atoms with Gasteiger partial charge in [0.25, 0.3) is 5.91 Å². The quantitative estimate of drug-likeness (QED) is 0.576. The number of halogens is 3. The molecule has 0 aromatic heterocycles. The van der Waals surface area contributed by atoms with Crippen molar-refractivity contribution in [3.05, 3.63) is 0 Å². The molecule has 1 heterocycles. The molecule has 3 N–H and O–H groups in total. The van der Waals surface area contributed by atoms with Crippen molar-refractivity contribution < 1.29 is 33.2 Å². The Morgan fingerprint density at radius 2 is 2.21 bits per heavy atom. The summed E-state index contributed by atoms with van der Waals surface area (Å²) in [4.78, 5) is 22.2. The molecular weight excluding hydrogens is 205 g/mol. The molecule has 0 bridgehead atoms. The summed E-state index contributed by atoms with van der Waals surface area (Å²) in [5, 5.41) is 0. The first-order valence-electron chi connectivity index (χ1n) is 3.69. The Kier molecular flexibility index (Phi) is 2.65. The van der Waals surface area contributed by atoms with E-state index >= 15 is 0 Å². The molecule has 0 spiro atoms. The number of amides is 2. The minimum absolute atomic E-state index is 0.00945. The maximum absolute atomic E-state index is 11.6. The van der Waals surface area contributed by atoms with Crippen molar-refractivity contribution >= 4 is 12.0 Å². The lowest BCUT2D eigenvalue weighted by atomic mass is 10.1. The second kappa shape index (κ2) is 3.45. The van der Waals surface area contributed by atoms with Gasteiger partial charge in [-0.3, -0.25) is 4.79 Å². The molecule has 1 fully saturated rings. The molecule has 0 aromatic carbocycles. The van der Waals surface area contributed by atoms with Crippen molar-refractivity contribution in [3.8, 4) is 0 Å². The zero-order valence-electron chi connectivity index (χ0n) is 7.00. The lowest BCUT2D eigenvalue weighted by Crippen LogP contribution is -2.79. The van der Waals surface area contributed by atoms with Crippen LogP contribution in [-0.4, -0.2) is 42.3 Å². The Bertz CT molecular complexity index is 266. The Labute approximate surface area is 76.6 Å². The van der Waals surface area contributed by atoms with Crippen molar-refractivity contribution in [2.45, 2.75) is 12.2 Å². The van der Waals surface area contributed by atoms with E-state index in [0.29, 0.717) is 4.90 Å². The van der Waals surface area contributed by atoms with Crippen LogP contribution >= 0.6 is 0 Å². The van der Waals surface area contributed by atoms with E-state index in [-0.39, 0.29) is 6.54 Å². The maximum Gasteiger partial charge on any atom is 0.422 e. The van der Waals surface area contributed by atoms with Crippen LogP contribution in [0, 0.1) is 0 Å². The number of nitrogens with zero attached hydrogens (tertiary/aromatic N) is 1. The number of rotatable bonds is 1. The summed E-state index contributed by atoms with van der Waals surface area (Å²) < 4.78 is 38.6. The predicted molar refractivity (Wildman–Crippen MR) is 35.8 cm³/mol. The molecule has 1 aliphatic rings. The molecule has 0 aromatic rings. The van der Waals surface area contributed by atoms with Gasteiger partial charge in [0.15, 0.2) is 12.6 Å². The van der Waals surface area contributed by atoms with Crippen LogP contribution < -0.4 is 5.73 Å². The molecule has 8 heteroatoms. The molecule has 5 nitrogen and oxygen atoms in total. The summed E-state index contributed by atoms with van der Waals surface area (Å²) in [5.41, 5.74) is 3.35. The molecule has 1 rings (SSSR count). The molecular formula is C6H8F3N2O3+. The Balaban J connectivity index is 2.34. The van der Waals surface area contributed by atoms with Gasteiger partial charge in [-0.15, -0.1) is 0 Å². The molecule has 0 saturated carbocycles. The number of ether oxygens (including phenoxy) is 1. The van der Waals surface area contributed by atoms with Crippen LogP contribution in [0.3, 0.4) is 0 Å². The summed E-state index contributed by atoms with van der Waals surface area (Å²) in [7, 11) is 0. The van der Waals surface area contributed by atoms with E-state index in [9.17, 15) is 22.8 Å². The first kappa shape index (κ1) is 10.8. The standard InChI is InChI=1S/C6H7F3N2O3/c7-6(8,9)2-14-5(13)11-1-3(10)4(11)12/h3H,1-2,10H2/p+1/t3-/m0/s1. The predicted octanol–water partition coefficient (Wildman–Crippen LogP) is -0.862. The average molecular weight is 213 g/mol. The molecule has 0 unspecified atom stereocenters. The molecule has 1 atom stereocenters. The van der Waals surface area contributed by atoms with Gasteiger partial charge in [0.1, 0.15) is 0 Å². The highest BCUT2D eigenvalue weighted by Gasteiger charge is 2.43. The molecule has 0 aliphatic carbocycles. The van der Waals surface area contributed by atoms with Crippen LogP contribution in [0.15, 0.2) is 0 Å². The van der Waals surface area contributed by atoms with Crippen LogP contribution in [0.5, 0.6) is 0 Å². The Morgan fingerprint density at radius 1 is 1.64 bits per heavy atom. The minimum atomic E-state index is -4.58. The fourth-order valence-electron chi connectivity index (χ4n) is 0.882. The van der Waals surface area contributed by atoms with Crippen molar-refractivity contribution in [2.75, 3.05) is 13.2 Å². The third kappa shape index (κ3) is 2.34. The van der Waals surface area contributed by atoms with E-state index in [1.165, 1.54) is 0 Å². The number of β-lactam (4-membered cyclic amide) rings is 1. The monoisotopic (exact) mass is 213 g/mol. The average Bonchev–Trinajstić information content (AvgIpc) is 2.08. The lowest BCUT2D eigenvalue weighted by Gasteiger charge is -2.30. The highest BCUT2D eigenvalue weighted by atomic mass is 19.4. The van der Waals surface area contributed by atoms with Crippen LogP contribution in [0.25, 0.3) is 0 Å². The van der Waals surface area contributed by atoms with Crippen molar-refractivity contribution in [1.29, 1.82) is 0 Å². The number of imide groups is 1. The second-order valence-corrected chi connectivity index (χ2v) is 2.82. The molecule has 2 amide bonds. The number of alkyl halides is 3. The topological polar surface area (TPSA) is 74.2 Å². The summed E-state index contributed by atoms with van der Waals surface area (Å²) in [6.45, 7) is -1.67. The first-order valence-corrected chi connectivity index (χ1v) is 3.69. The summed E-state index contributed by atoms with van der Waals surface area (Å²) in [6, 6.07) is -0.562. The zero-order valence-corrected chi connectivity index (χ0v) is 7.00. The van der Waals surface area contributed by atoms with Gasteiger partial charge >= 0.3 is 12.3 Å². The first-order chi connectivity index (χ1) is 6.31. The zero-order chi connectivity index (χ0) is 10.9. The number of quaternary nitrogens is 1. The van der Waals surface area contributed by atoms with E-state index in [1.807, 2.05) is 0 Å². The highest BCUT2D eigenvalue weighted by Crippen LogP contribution is 2.16. The normalized spacial score (nSPS) is 21.9. The van der Waals surface area contributed by atoms with E-state index < -0.39 is 30.8 Å². The third-order valence-electron chi connectivity index (χ3n) is 1.60. The number of hydrogen-bond donors (Lipinski definition) is 1. The number of hydrogen-bond acceptors (Lipinski definition) is 3. The molecule has 14 heavy (non-hydrogen) atoms. The summed E-state index contributed by atoms with van der Waals surface area (Å²) in [6.07, 6.45) is -5.85. The minimum Gasteiger partial charge on any atom is -0.439 e. The number of carbonyl (C=O) groups excluding carboxylic acids is 2. The van der Waals surface area contributed by atoms with Crippen LogP contribution in [0.4, 0.5) is 18.0 Å². The summed E-state index contributed by atoms with van der Waals surface area (Å²) in [5.74, 6) is -0.614. The molecule has 80 valence electrons. The van der Waals surface area contributed by atoms with Crippen LogP contribution in [0.1, 0.15) is 0 Å². The van der Waals surface area contributed by atoms with Gasteiger partial charge in [0.05, 0.1) is 6.54 Å². The van der Waals surface area contributed by atoms with E-state index in [1.54, 1.807) is 0 Å². The van der Waals surface area contributed by atoms with E-state index in [2.05, 4.69) is 10.5 Å². The lowest BCUT2D eigenvalue weighted by molar-refractivity contribution is -0.419. The third-order valence-corrected chi connectivity index (χ3v) is 1.60. The fraction of sp³-hybridized carbons (Fsp3) is 0.667. The van der Waals surface area contributed by atoms with E-state index in [0.717, 1.165) is 0 Å². The van der Waals surface area contributed by atoms with Crippen molar-refractivity contribution in [1.82, 2.24) is 4.90 Å². The van der Waals surface area contributed by atoms with Gasteiger partial charge in [-0.2, -0.15) is 13.2 Å². The van der Waals surface area contributed by atoms with Crippen molar-refractivity contribution in [3.63, 3.8) is 0 Å². The van der Waals surface area contributed by atoms with Crippen LogP contribution in [0.2, 0.25) is 0 Å². The van der Waals surface area contributed by atoms with Gasteiger partial charge in [-0.25, -0.2) is 9.69 Å². The van der Waals surface area contributed by atoms with Gasteiger partial charge in [-0.1, -0.05) is 0 Å². The number of likely N-dealkylation sites (tertiary alicyclic amines) is 1. The largest absolute Gasteiger partial charge is 0.439 e.